The van der Waals surface area contributed by atoms with Crippen molar-refractivity contribution in [2.45, 2.75) is 0 Å². The van der Waals surface area contributed by atoms with Gasteiger partial charge in [-0.3, -0.25) is 4.57 Å². The number of benzene rings is 9. The highest BCUT2D eigenvalue weighted by Gasteiger charge is 2.22. The summed E-state index contributed by atoms with van der Waals surface area (Å²) < 4.78 is 11.3. The number of hydrogen-bond acceptors (Lipinski definition) is 4. The van der Waals surface area contributed by atoms with Crippen LogP contribution in [0.1, 0.15) is 0 Å². The predicted molar refractivity (Wildman–Crippen MR) is 258 cm³/mol. The summed E-state index contributed by atoms with van der Waals surface area (Å²) in [4.78, 5) is 15.7. The summed E-state index contributed by atoms with van der Waals surface area (Å²) in [6.07, 6.45) is 0. The number of rotatable bonds is 6. The van der Waals surface area contributed by atoms with Gasteiger partial charge in [-0.05, 0) is 76.9 Å². The van der Waals surface area contributed by atoms with Crippen LogP contribution < -0.4 is 0 Å². The average molecular weight is 806 g/mol. The Morgan fingerprint density at radius 1 is 0.317 bits per heavy atom. The molecule has 294 valence electrons. The lowest BCUT2D eigenvalue weighted by atomic mass is 10.0. The molecule has 4 aromatic heterocycles. The van der Waals surface area contributed by atoms with Crippen LogP contribution in [0.15, 0.2) is 217 Å². The van der Waals surface area contributed by atoms with Crippen molar-refractivity contribution in [3.63, 3.8) is 0 Å². The first kappa shape index (κ1) is 35.2. The first-order valence-corrected chi connectivity index (χ1v) is 21.2. The Morgan fingerprint density at radius 3 is 1.51 bits per heavy atom. The van der Waals surface area contributed by atoms with Crippen LogP contribution in [0, 0.1) is 0 Å². The van der Waals surface area contributed by atoms with E-state index in [0.29, 0.717) is 17.6 Å². The molecular weight excluding hydrogens is 771 g/mol. The Hall–Kier alpha value is -8.61. The second-order valence-electron chi connectivity index (χ2n) is 16.0. The van der Waals surface area contributed by atoms with Crippen LogP contribution >= 0.6 is 0 Å². The van der Waals surface area contributed by atoms with Gasteiger partial charge >= 0.3 is 0 Å². The minimum Gasteiger partial charge on any atom is -0.456 e. The second kappa shape index (κ2) is 14.0. The Bertz CT molecular complexity index is 3850. The van der Waals surface area contributed by atoms with Crippen molar-refractivity contribution in [3.8, 4) is 56.7 Å². The molecule has 0 bridgehead atoms. The zero-order valence-electron chi connectivity index (χ0n) is 33.9. The van der Waals surface area contributed by atoms with E-state index in [1.54, 1.807) is 0 Å². The molecule has 6 nitrogen and oxygen atoms in total. The fourth-order valence-corrected chi connectivity index (χ4v) is 9.48. The zero-order chi connectivity index (χ0) is 41.4. The van der Waals surface area contributed by atoms with Crippen LogP contribution in [0.3, 0.4) is 0 Å². The molecule has 0 radical (unpaired) electrons. The summed E-state index contributed by atoms with van der Waals surface area (Å²) in [7, 11) is 0. The van der Waals surface area contributed by atoms with E-state index in [0.717, 1.165) is 88.3 Å². The minimum atomic E-state index is 0.549. The standard InChI is InChI=1S/C57H35N5O/c1-3-14-36(15-4-1)38-26-28-39(29-27-38)55-58-56(60-57(59-55)62-49-24-11-7-20-43(49)44-21-8-12-25-50(44)62)41-30-31-47-52(35-41)63-51-33-32-46-45-22-9-10-23-48(45)61(54(46)53(47)51)42-19-13-18-40(34-42)37-16-5-2-6-17-37/h1-35H. The number of fused-ring (bicyclic) bond motifs is 10. The van der Waals surface area contributed by atoms with Gasteiger partial charge < -0.3 is 8.98 Å². The first-order valence-electron chi connectivity index (χ1n) is 21.2. The van der Waals surface area contributed by atoms with Gasteiger partial charge in [-0.25, -0.2) is 4.98 Å². The molecule has 0 N–H and O–H groups in total. The normalized spacial score (nSPS) is 11.8. The highest BCUT2D eigenvalue weighted by atomic mass is 16.3. The van der Waals surface area contributed by atoms with Crippen molar-refractivity contribution in [2.75, 3.05) is 0 Å². The Morgan fingerprint density at radius 2 is 0.825 bits per heavy atom. The fraction of sp³-hybridized carbons (Fsp3) is 0. The Kier molecular flexibility index (Phi) is 7.80. The van der Waals surface area contributed by atoms with Crippen LogP contribution in [0.25, 0.3) is 122 Å². The number of hydrogen-bond donors (Lipinski definition) is 0. The monoisotopic (exact) mass is 805 g/mol. The zero-order valence-corrected chi connectivity index (χ0v) is 33.9. The summed E-state index contributed by atoms with van der Waals surface area (Å²) >= 11 is 0. The van der Waals surface area contributed by atoms with E-state index >= 15 is 0 Å². The quantitative estimate of drug-likeness (QED) is 0.168. The van der Waals surface area contributed by atoms with E-state index in [1.165, 1.54) is 16.3 Å². The van der Waals surface area contributed by atoms with Crippen LogP contribution in [0.2, 0.25) is 0 Å². The number of nitrogens with zero attached hydrogens (tertiary/aromatic N) is 5. The van der Waals surface area contributed by atoms with E-state index in [9.17, 15) is 0 Å². The lowest BCUT2D eigenvalue weighted by Crippen LogP contribution is -2.06. The van der Waals surface area contributed by atoms with Crippen molar-refractivity contribution in [1.29, 1.82) is 0 Å². The van der Waals surface area contributed by atoms with Crippen molar-refractivity contribution >= 4 is 65.6 Å². The molecule has 0 saturated carbocycles. The van der Waals surface area contributed by atoms with E-state index in [2.05, 4.69) is 215 Å². The molecule has 63 heavy (non-hydrogen) atoms. The molecule has 6 heteroatoms. The molecule has 0 aliphatic rings. The van der Waals surface area contributed by atoms with Gasteiger partial charge in [0.05, 0.1) is 27.5 Å². The summed E-state index contributed by atoms with van der Waals surface area (Å²) in [5.41, 5.74) is 13.3. The average Bonchev–Trinajstić information content (AvgIpc) is 4.02. The summed E-state index contributed by atoms with van der Waals surface area (Å²) in [6.45, 7) is 0. The maximum absolute atomic E-state index is 6.80. The molecule has 0 unspecified atom stereocenters. The maximum atomic E-state index is 6.80. The van der Waals surface area contributed by atoms with Gasteiger partial charge in [0.1, 0.15) is 11.2 Å². The highest BCUT2D eigenvalue weighted by molar-refractivity contribution is 6.24. The molecule has 13 aromatic rings. The van der Waals surface area contributed by atoms with E-state index in [4.69, 9.17) is 19.4 Å². The van der Waals surface area contributed by atoms with Crippen LogP contribution in [-0.2, 0) is 0 Å². The summed E-state index contributed by atoms with van der Waals surface area (Å²) in [6, 6.07) is 74.4. The van der Waals surface area contributed by atoms with Crippen molar-refractivity contribution < 1.29 is 4.42 Å². The molecule has 0 saturated heterocycles. The summed E-state index contributed by atoms with van der Waals surface area (Å²) in [5.74, 6) is 1.70. The van der Waals surface area contributed by atoms with Gasteiger partial charge in [0.15, 0.2) is 11.6 Å². The van der Waals surface area contributed by atoms with Gasteiger partial charge in [0, 0.05) is 43.7 Å². The molecule has 4 heterocycles. The number of para-hydroxylation sites is 3. The lowest BCUT2D eigenvalue weighted by Gasteiger charge is -2.11. The van der Waals surface area contributed by atoms with Gasteiger partial charge in [-0.15, -0.1) is 0 Å². The molecule has 0 aliphatic carbocycles. The number of furan rings is 1. The van der Waals surface area contributed by atoms with Gasteiger partial charge in [-0.1, -0.05) is 158 Å². The lowest BCUT2D eigenvalue weighted by molar-refractivity contribution is 0.669. The maximum Gasteiger partial charge on any atom is 0.238 e. The van der Waals surface area contributed by atoms with Gasteiger partial charge in [-0.2, -0.15) is 9.97 Å². The largest absolute Gasteiger partial charge is 0.456 e. The van der Waals surface area contributed by atoms with Crippen molar-refractivity contribution in [1.82, 2.24) is 24.1 Å². The third-order valence-electron chi connectivity index (χ3n) is 12.4. The molecule has 0 atom stereocenters. The van der Waals surface area contributed by atoms with Gasteiger partial charge in [0.25, 0.3) is 0 Å². The second-order valence-corrected chi connectivity index (χ2v) is 16.0. The smallest absolute Gasteiger partial charge is 0.238 e. The van der Waals surface area contributed by atoms with E-state index in [1.807, 2.05) is 6.07 Å². The topological polar surface area (TPSA) is 61.7 Å². The molecule has 0 aliphatic heterocycles. The molecule has 13 rings (SSSR count). The van der Waals surface area contributed by atoms with E-state index < -0.39 is 0 Å². The van der Waals surface area contributed by atoms with Crippen LogP contribution in [0.4, 0.5) is 0 Å². The highest BCUT2D eigenvalue weighted by Crippen LogP contribution is 2.42. The molecule has 0 spiro atoms. The fourth-order valence-electron chi connectivity index (χ4n) is 9.48. The molecule has 9 aromatic carbocycles. The minimum absolute atomic E-state index is 0.549. The Labute approximate surface area is 361 Å². The number of aromatic nitrogens is 5. The van der Waals surface area contributed by atoms with Crippen molar-refractivity contribution in [3.05, 3.63) is 212 Å². The third kappa shape index (κ3) is 5.62. The van der Waals surface area contributed by atoms with Crippen molar-refractivity contribution in [2.24, 2.45) is 0 Å². The van der Waals surface area contributed by atoms with E-state index in [-0.39, 0.29) is 0 Å². The molecule has 0 fully saturated rings. The van der Waals surface area contributed by atoms with Crippen LogP contribution in [0.5, 0.6) is 0 Å². The summed E-state index contributed by atoms with van der Waals surface area (Å²) in [5, 5.41) is 6.74. The Balaban J connectivity index is 1.01. The molecular formula is C57H35N5O. The molecule has 0 amide bonds. The first-order chi connectivity index (χ1) is 31.2. The van der Waals surface area contributed by atoms with Gasteiger partial charge in [0.2, 0.25) is 5.95 Å². The van der Waals surface area contributed by atoms with Crippen LogP contribution in [-0.4, -0.2) is 24.1 Å². The third-order valence-corrected chi connectivity index (χ3v) is 12.4. The SMILES string of the molecule is c1ccc(-c2ccc(-c3nc(-c4ccc5c(c4)oc4ccc6c7ccccc7n(-c7cccc(-c8ccccc8)c7)c6c45)nc(-n4c5ccccc5c5ccccc54)n3)cc2)cc1. The predicted octanol–water partition coefficient (Wildman–Crippen LogP) is 14.6.